The average Bonchev–Trinajstić information content (AvgIpc) is 2.90. The molecule has 0 spiro atoms. The summed E-state index contributed by atoms with van der Waals surface area (Å²) in [6.07, 6.45) is -0.216. The van der Waals surface area contributed by atoms with Crippen molar-refractivity contribution in [2.24, 2.45) is 5.92 Å². The van der Waals surface area contributed by atoms with Gasteiger partial charge < -0.3 is 20.1 Å². The van der Waals surface area contributed by atoms with Crippen molar-refractivity contribution < 1.29 is 27.5 Å². The Morgan fingerprint density at radius 2 is 1.90 bits per heavy atom. The quantitative estimate of drug-likeness (QED) is 0.647. The van der Waals surface area contributed by atoms with Crippen molar-refractivity contribution in [2.45, 2.75) is 23.1 Å². The summed E-state index contributed by atoms with van der Waals surface area (Å²) in [5.74, 6) is 0.484. The zero-order valence-corrected chi connectivity index (χ0v) is 19.1. The number of benzene rings is 2. The average molecular weight is 465 g/mol. The zero-order valence-electron chi connectivity index (χ0n) is 17.4. The first-order valence-corrected chi connectivity index (χ1v) is 12.2. The minimum atomic E-state index is -3.71. The maximum atomic E-state index is 12.8. The van der Waals surface area contributed by atoms with Gasteiger partial charge in [0.05, 0.1) is 30.6 Å². The molecule has 166 valence electrons. The largest absolute Gasteiger partial charge is 0.493 e. The topological polar surface area (TPSA) is 111 Å². The molecular formula is C21H24N2O6S2. The number of carbonyl (C=O) groups excluding carboxylic acids is 2. The monoisotopic (exact) mass is 464 g/mol. The molecule has 2 amide bonds. The van der Waals surface area contributed by atoms with Gasteiger partial charge in [0.15, 0.2) is 21.3 Å². The summed E-state index contributed by atoms with van der Waals surface area (Å²) in [6, 6.07) is 9.54. The molecule has 1 atom stereocenters. The molecule has 1 aliphatic rings. The first kappa shape index (κ1) is 23.0. The Morgan fingerprint density at radius 1 is 1.16 bits per heavy atom. The Hall–Kier alpha value is -2.72. The maximum absolute atomic E-state index is 12.8. The normalized spacial score (nSPS) is 16.0. The van der Waals surface area contributed by atoms with Gasteiger partial charge in [0.1, 0.15) is 0 Å². The molecule has 0 radical (unpaired) electrons. The molecule has 1 heterocycles. The number of amides is 2. The molecule has 0 saturated heterocycles. The molecule has 31 heavy (non-hydrogen) atoms. The van der Waals surface area contributed by atoms with Crippen LogP contribution in [0.5, 0.6) is 11.5 Å². The van der Waals surface area contributed by atoms with Gasteiger partial charge in [0.2, 0.25) is 11.8 Å². The molecule has 3 rings (SSSR count). The van der Waals surface area contributed by atoms with Crippen LogP contribution in [0.15, 0.2) is 46.2 Å². The van der Waals surface area contributed by atoms with Gasteiger partial charge in [0, 0.05) is 34.7 Å². The summed E-state index contributed by atoms with van der Waals surface area (Å²) in [4.78, 5) is 25.3. The fourth-order valence-electron chi connectivity index (χ4n) is 2.95. The van der Waals surface area contributed by atoms with Crippen LogP contribution in [-0.2, 0) is 19.4 Å². The van der Waals surface area contributed by atoms with Crippen LogP contribution < -0.4 is 20.1 Å². The summed E-state index contributed by atoms with van der Waals surface area (Å²) in [5, 5.41) is 5.44. The number of sulfone groups is 1. The lowest BCUT2D eigenvalue weighted by atomic mass is 10.2. The Bertz CT molecular complexity index is 1100. The van der Waals surface area contributed by atoms with Crippen LogP contribution in [0.25, 0.3) is 0 Å². The molecule has 2 aromatic rings. The van der Waals surface area contributed by atoms with Crippen LogP contribution in [0.1, 0.15) is 13.3 Å². The summed E-state index contributed by atoms with van der Waals surface area (Å²) in [7, 11) is -0.721. The van der Waals surface area contributed by atoms with Crippen molar-refractivity contribution in [3.8, 4) is 11.5 Å². The van der Waals surface area contributed by atoms with E-state index >= 15 is 0 Å². The number of methoxy groups -OCH3 is 2. The van der Waals surface area contributed by atoms with Crippen molar-refractivity contribution in [3.05, 3.63) is 36.4 Å². The predicted molar refractivity (Wildman–Crippen MR) is 120 cm³/mol. The van der Waals surface area contributed by atoms with Crippen molar-refractivity contribution >= 4 is 44.8 Å². The van der Waals surface area contributed by atoms with Crippen molar-refractivity contribution in [1.29, 1.82) is 0 Å². The van der Waals surface area contributed by atoms with Crippen LogP contribution in [-0.4, -0.2) is 46.0 Å². The summed E-state index contributed by atoms with van der Waals surface area (Å²) < 4.78 is 35.9. The standard InChI is InChI=1S/C21H24N2O6S2/c1-13-12-30-19-7-5-15(11-16(19)23-21(13)25)31(26,27)9-8-20(24)22-14-4-6-17(28-2)18(10-14)29-3/h4-7,10-11,13H,8-9,12H2,1-3H3,(H,22,24)(H,23,25). The molecule has 8 nitrogen and oxygen atoms in total. The van der Waals surface area contributed by atoms with E-state index < -0.39 is 15.7 Å². The number of nitrogens with one attached hydrogen (secondary N) is 2. The van der Waals surface area contributed by atoms with Gasteiger partial charge >= 0.3 is 0 Å². The molecule has 2 aromatic carbocycles. The maximum Gasteiger partial charge on any atom is 0.228 e. The molecule has 0 aliphatic carbocycles. The highest BCUT2D eigenvalue weighted by atomic mass is 32.2. The molecule has 0 aromatic heterocycles. The summed E-state index contributed by atoms with van der Waals surface area (Å²) in [6.45, 7) is 1.82. The minimum absolute atomic E-state index is 0.0700. The highest BCUT2D eigenvalue weighted by Crippen LogP contribution is 2.34. The number of hydrogen-bond acceptors (Lipinski definition) is 7. The lowest BCUT2D eigenvalue weighted by Gasteiger charge is -2.11. The van der Waals surface area contributed by atoms with E-state index in [1.807, 2.05) is 6.92 Å². The van der Waals surface area contributed by atoms with Gasteiger partial charge in [-0.3, -0.25) is 9.59 Å². The van der Waals surface area contributed by atoms with Crippen LogP contribution in [0.3, 0.4) is 0 Å². The van der Waals surface area contributed by atoms with Crippen molar-refractivity contribution in [3.63, 3.8) is 0 Å². The van der Waals surface area contributed by atoms with E-state index in [1.54, 1.807) is 24.3 Å². The van der Waals surface area contributed by atoms with Gasteiger partial charge in [-0.05, 0) is 30.3 Å². The number of anilines is 2. The fraction of sp³-hybridized carbons (Fsp3) is 0.333. The smallest absolute Gasteiger partial charge is 0.228 e. The third-order valence-electron chi connectivity index (χ3n) is 4.77. The highest BCUT2D eigenvalue weighted by Gasteiger charge is 2.23. The lowest BCUT2D eigenvalue weighted by molar-refractivity contribution is -0.118. The summed E-state index contributed by atoms with van der Waals surface area (Å²) in [5.41, 5.74) is 0.953. The van der Waals surface area contributed by atoms with Gasteiger partial charge in [-0.25, -0.2) is 8.42 Å². The third kappa shape index (κ3) is 5.50. The first-order chi connectivity index (χ1) is 14.7. The Balaban J connectivity index is 1.67. The second-order valence-electron chi connectivity index (χ2n) is 7.05. The van der Waals surface area contributed by atoms with Crippen LogP contribution >= 0.6 is 11.8 Å². The Kier molecular flexibility index (Phi) is 7.11. The van der Waals surface area contributed by atoms with E-state index in [2.05, 4.69) is 10.6 Å². The Morgan fingerprint density at radius 3 is 2.61 bits per heavy atom. The second kappa shape index (κ2) is 9.61. The minimum Gasteiger partial charge on any atom is -0.493 e. The van der Waals surface area contributed by atoms with E-state index in [9.17, 15) is 18.0 Å². The van der Waals surface area contributed by atoms with E-state index in [4.69, 9.17) is 9.47 Å². The van der Waals surface area contributed by atoms with Gasteiger partial charge in [-0.2, -0.15) is 0 Å². The van der Waals surface area contributed by atoms with Crippen LogP contribution in [0.4, 0.5) is 11.4 Å². The molecule has 0 bridgehead atoms. The number of fused-ring (bicyclic) bond motifs is 1. The van der Waals surface area contributed by atoms with E-state index in [0.29, 0.717) is 28.6 Å². The third-order valence-corrected chi connectivity index (χ3v) is 7.82. The van der Waals surface area contributed by atoms with E-state index in [1.165, 1.54) is 38.1 Å². The number of rotatable bonds is 7. The van der Waals surface area contributed by atoms with Gasteiger partial charge in [0.25, 0.3) is 0 Å². The second-order valence-corrected chi connectivity index (χ2v) is 10.2. The van der Waals surface area contributed by atoms with Crippen molar-refractivity contribution in [1.82, 2.24) is 0 Å². The highest BCUT2D eigenvalue weighted by molar-refractivity contribution is 7.99. The van der Waals surface area contributed by atoms with E-state index in [-0.39, 0.29) is 28.9 Å². The predicted octanol–water partition coefficient (Wildman–Crippen LogP) is 3.19. The number of carbonyl (C=O) groups is 2. The molecule has 1 aliphatic heterocycles. The molecule has 10 heteroatoms. The fourth-order valence-corrected chi connectivity index (χ4v) is 5.23. The lowest BCUT2D eigenvalue weighted by Crippen LogP contribution is -2.20. The molecule has 2 N–H and O–H groups in total. The Labute approximate surface area is 185 Å². The van der Waals surface area contributed by atoms with Gasteiger partial charge in [-0.15, -0.1) is 11.8 Å². The number of thioether (sulfide) groups is 1. The van der Waals surface area contributed by atoms with Crippen LogP contribution in [0, 0.1) is 5.92 Å². The van der Waals surface area contributed by atoms with Crippen LogP contribution in [0.2, 0.25) is 0 Å². The first-order valence-electron chi connectivity index (χ1n) is 9.56. The molecular weight excluding hydrogens is 440 g/mol. The number of hydrogen-bond donors (Lipinski definition) is 2. The SMILES string of the molecule is COc1ccc(NC(=O)CCS(=O)(=O)c2ccc3c(c2)NC(=O)C(C)CS3)cc1OC. The van der Waals surface area contributed by atoms with E-state index in [0.717, 1.165) is 4.90 Å². The molecule has 0 fully saturated rings. The number of ether oxygens (including phenoxy) is 2. The van der Waals surface area contributed by atoms with Crippen molar-refractivity contribution in [2.75, 3.05) is 36.4 Å². The molecule has 1 unspecified atom stereocenters. The zero-order chi connectivity index (χ0) is 22.6. The van der Waals surface area contributed by atoms with Gasteiger partial charge in [-0.1, -0.05) is 6.92 Å². The summed E-state index contributed by atoms with van der Waals surface area (Å²) >= 11 is 1.50. The molecule has 0 saturated carbocycles.